The number of hydrogen-bond acceptors (Lipinski definition) is 4. The number of carbonyl (C=O) groups excluding carboxylic acids is 1. The number of nitrogens with one attached hydrogen (secondary N) is 2. The highest BCUT2D eigenvalue weighted by molar-refractivity contribution is 5.81. The van der Waals surface area contributed by atoms with E-state index >= 15 is 0 Å². The lowest BCUT2D eigenvalue weighted by atomic mass is 10.1. The fourth-order valence-electron chi connectivity index (χ4n) is 3.19. The third-order valence-corrected chi connectivity index (χ3v) is 4.87. The Bertz CT molecular complexity index is 1030. The molecule has 2 N–H and O–H groups in total. The van der Waals surface area contributed by atoms with Crippen molar-refractivity contribution < 1.29 is 14.3 Å². The molecule has 0 unspecified atom stereocenters. The summed E-state index contributed by atoms with van der Waals surface area (Å²) in [5, 5.41) is 3.81. The number of hydrogen-bond donors (Lipinski definition) is 2. The minimum atomic E-state index is -0.157. The minimum absolute atomic E-state index is 0.0510. The second kappa shape index (κ2) is 9.78. The highest BCUT2D eigenvalue weighted by atomic mass is 16.5. The predicted octanol–water partition coefficient (Wildman–Crippen LogP) is 3.23. The Balaban J connectivity index is 1.47. The van der Waals surface area contributed by atoms with Crippen LogP contribution in [0.1, 0.15) is 24.0 Å². The average molecular weight is 394 g/mol. The molecule has 0 fully saturated rings. The molecule has 0 aliphatic carbocycles. The van der Waals surface area contributed by atoms with Crippen LogP contribution in [0.4, 0.5) is 0 Å². The molecule has 0 radical (unpaired) electrons. The summed E-state index contributed by atoms with van der Waals surface area (Å²) >= 11 is 0. The van der Waals surface area contributed by atoms with Crippen molar-refractivity contribution in [1.29, 1.82) is 0 Å². The molecule has 152 valence electrons. The van der Waals surface area contributed by atoms with Crippen molar-refractivity contribution in [2.45, 2.75) is 25.7 Å². The summed E-state index contributed by atoms with van der Waals surface area (Å²) in [5.74, 6) is 1.51. The van der Waals surface area contributed by atoms with Crippen molar-refractivity contribution in [3.8, 4) is 11.5 Å². The number of fused-ring (bicyclic) bond motifs is 1. The van der Waals surface area contributed by atoms with Crippen LogP contribution in [-0.4, -0.2) is 31.7 Å². The normalized spacial score (nSPS) is 10.7. The monoisotopic (exact) mass is 394 g/mol. The van der Waals surface area contributed by atoms with Crippen molar-refractivity contribution in [3.05, 3.63) is 70.0 Å². The van der Waals surface area contributed by atoms with E-state index in [1.807, 2.05) is 42.5 Å². The lowest BCUT2D eigenvalue weighted by Gasteiger charge is -2.07. The molecule has 1 aromatic heterocycles. The number of aryl methyl sites for hydroxylation is 2. The molecule has 2 aromatic carbocycles. The molecule has 0 saturated carbocycles. The van der Waals surface area contributed by atoms with Gasteiger partial charge in [0, 0.05) is 29.4 Å². The van der Waals surface area contributed by atoms with Gasteiger partial charge in [-0.05, 0) is 61.2 Å². The lowest BCUT2D eigenvalue weighted by molar-refractivity contribution is -0.121. The van der Waals surface area contributed by atoms with Gasteiger partial charge in [-0.15, -0.1) is 0 Å². The van der Waals surface area contributed by atoms with Gasteiger partial charge in [-0.1, -0.05) is 12.1 Å². The highest BCUT2D eigenvalue weighted by Crippen LogP contribution is 2.19. The van der Waals surface area contributed by atoms with E-state index in [1.165, 1.54) is 5.56 Å². The maximum absolute atomic E-state index is 12.2. The van der Waals surface area contributed by atoms with E-state index < -0.39 is 0 Å². The molecule has 0 saturated heterocycles. The zero-order chi connectivity index (χ0) is 20.6. The van der Waals surface area contributed by atoms with Crippen LogP contribution < -0.4 is 20.3 Å². The number of benzene rings is 2. The Kier molecular flexibility index (Phi) is 6.89. The number of pyridine rings is 1. The van der Waals surface area contributed by atoms with Gasteiger partial charge in [0.05, 0.1) is 14.2 Å². The summed E-state index contributed by atoms with van der Waals surface area (Å²) < 4.78 is 10.4. The van der Waals surface area contributed by atoms with Gasteiger partial charge < -0.3 is 19.8 Å². The number of aromatic nitrogens is 1. The number of ether oxygens (including phenoxy) is 2. The third kappa shape index (κ3) is 5.60. The first-order chi connectivity index (χ1) is 14.1. The molecule has 0 atom stereocenters. The molecule has 6 heteroatoms. The number of carbonyl (C=O) groups is 1. The number of aromatic amines is 1. The van der Waals surface area contributed by atoms with Crippen LogP contribution in [-0.2, 0) is 17.6 Å². The first-order valence-corrected chi connectivity index (χ1v) is 9.68. The topological polar surface area (TPSA) is 80.4 Å². The van der Waals surface area contributed by atoms with Crippen molar-refractivity contribution >= 4 is 16.8 Å². The molecule has 3 rings (SSSR count). The lowest BCUT2D eigenvalue weighted by Crippen LogP contribution is -2.26. The van der Waals surface area contributed by atoms with Gasteiger partial charge in [0.15, 0.2) is 0 Å². The molecule has 0 spiro atoms. The third-order valence-electron chi connectivity index (χ3n) is 4.87. The standard InChI is InChI=1S/C23H26N2O4/c1-28-19-8-5-16(6-9-19)4-3-13-24-22(26)12-7-17-14-18-15-20(29-2)10-11-21(18)25-23(17)27/h5-6,8-11,14-15H,3-4,7,12-13H2,1-2H3,(H,24,26)(H,25,27). The molecular weight excluding hydrogens is 368 g/mol. The maximum atomic E-state index is 12.2. The van der Waals surface area contributed by atoms with E-state index in [0.717, 1.165) is 35.2 Å². The summed E-state index contributed by atoms with van der Waals surface area (Å²) in [6.07, 6.45) is 2.42. The molecule has 1 heterocycles. The second-order valence-electron chi connectivity index (χ2n) is 6.88. The summed E-state index contributed by atoms with van der Waals surface area (Å²) in [6.45, 7) is 0.607. The molecule has 3 aromatic rings. The van der Waals surface area contributed by atoms with Crippen molar-refractivity contribution in [2.24, 2.45) is 0 Å². The van der Waals surface area contributed by atoms with E-state index in [2.05, 4.69) is 10.3 Å². The fourth-order valence-corrected chi connectivity index (χ4v) is 3.19. The highest BCUT2D eigenvalue weighted by Gasteiger charge is 2.07. The minimum Gasteiger partial charge on any atom is -0.497 e. The fraction of sp³-hybridized carbons (Fsp3) is 0.304. The van der Waals surface area contributed by atoms with E-state index in [0.29, 0.717) is 18.5 Å². The maximum Gasteiger partial charge on any atom is 0.251 e. The molecule has 29 heavy (non-hydrogen) atoms. The summed E-state index contributed by atoms with van der Waals surface area (Å²) in [6, 6.07) is 15.2. The van der Waals surface area contributed by atoms with Crippen LogP contribution in [0.25, 0.3) is 10.9 Å². The molecule has 1 amide bonds. The van der Waals surface area contributed by atoms with Gasteiger partial charge >= 0.3 is 0 Å². The van der Waals surface area contributed by atoms with Gasteiger partial charge in [0.2, 0.25) is 5.91 Å². The van der Waals surface area contributed by atoms with Crippen LogP contribution in [0, 0.1) is 0 Å². The quantitative estimate of drug-likeness (QED) is 0.546. The van der Waals surface area contributed by atoms with Crippen molar-refractivity contribution in [3.63, 3.8) is 0 Å². The molecule has 0 bridgehead atoms. The van der Waals surface area contributed by atoms with Gasteiger partial charge in [0.25, 0.3) is 5.56 Å². The Morgan fingerprint density at radius 2 is 1.69 bits per heavy atom. The molecule has 0 aliphatic heterocycles. The Morgan fingerprint density at radius 1 is 0.966 bits per heavy atom. The average Bonchev–Trinajstić information content (AvgIpc) is 2.75. The summed E-state index contributed by atoms with van der Waals surface area (Å²) in [7, 11) is 3.25. The first-order valence-electron chi connectivity index (χ1n) is 9.68. The molecular formula is C23H26N2O4. The zero-order valence-electron chi connectivity index (χ0n) is 16.8. The number of amides is 1. The SMILES string of the molecule is COc1ccc(CCCNC(=O)CCc2cc3cc(OC)ccc3[nH]c2=O)cc1. The zero-order valence-corrected chi connectivity index (χ0v) is 16.8. The summed E-state index contributed by atoms with van der Waals surface area (Å²) in [5.41, 5.74) is 2.40. The van der Waals surface area contributed by atoms with E-state index in [9.17, 15) is 9.59 Å². The van der Waals surface area contributed by atoms with Crippen LogP contribution in [0.5, 0.6) is 11.5 Å². The Hall–Kier alpha value is -3.28. The van der Waals surface area contributed by atoms with Gasteiger partial charge in [0.1, 0.15) is 11.5 Å². The number of H-pyrrole nitrogens is 1. The van der Waals surface area contributed by atoms with Crippen molar-refractivity contribution in [1.82, 2.24) is 10.3 Å². The smallest absolute Gasteiger partial charge is 0.251 e. The largest absolute Gasteiger partial charge is 0.497 e. The number of methoxy groups -OCH3 is 2. The van der Waals surface area contributed by atoms with E-state index in [4.69, 9.17) is 9.47 Å². The predicted molar refractivity (Wildman–Crippen MR) is 114 cm³/mol. The Morgan fingerprint density at radius 3 is 2.41 bits per heavy atom. The second-order valence-corrected chi connectivity index (χ2v) is 6.88. The first kappa shape index (κ1) is 20.5. The van der Waals surface area contributed by atoms with Gasteiger partial charge in [-0.3, -0.25) is 9.59 Å². The van der Waals surface area contributed by atoms with Crippen LogP contribution >= 0.6 is 0 Å². The van der Waals surface area contributed by atoms with E-state index in [-0.39, 0.29) is 17.9 Å². The molecule has 0 aliphatic rings. The number of rotatable bonds is 9. The van der Waals surface area contributed by atoms with Gasteiger partial charge in [-0.25, -0.2) is 0 Å². The summed E-state index contributed by atoms with van der Waals surface area (Å²) in [4.78, 5) is 27.2. The van der Waals surface area contributed by atoms with Crippen LogP contribution in [0.15, 0.2) is 53.3 Å². The van der Waals surface area contributed by atoms with Gasteiger partial charge in [-0.2, -0.15) is 0 Å². The van der Waals surface area contributed by atoms with E-state index in [1.54, 1.807) is 20.3 Å². The molecule has 6 nitrogen and oxygen atoms in total. The Labute approximate surface area is 169 Å². The van der Waals surface area contributed by atoms with Crippen LogP contribution in [0.2, 0.25) is 0 Å². The van der Waals surface area contributed by atoms with Crippen molar-refractivity contribution in [2.75, 3.05) is 20.8 Å². The van der Waals surface area contributed by atoms with Crippen LogP contribution in [0.3, 0.4) is 0 Å².